The topological polar surface area (TPSA) is 106 Å². The van der Waals surface area contributed by atoms with E-state index in [1.807, 2.05) is 13.0 Å². The number of aryl methyl sites for hydroxylation is 1. The fraction of sp³-hybridized carbons (Fsp3) is 0.565. The van der Waals surface area contributed by atoms with Gasteiger partial charge >= 0.3 is 0 Å². The van der Waals surface area contributed by atoms with E-state index in [0.717, 1.165) is 82.1 Å². The Balaban J connectivity index is 1.22. The molecule has 1 aliphatic heterocycles. The molecule has 11 heteroatoms. The molecular formula is C23H34N6O4S. The molecule has 186 valence electrons. The number of hydrogen-bond donors (Lipinski definition) is 1. The molecule has 1 aromatic carbocycles. The number of benzene rings is 1. The predicted octanol–water partition coefficient (Wildman–Crippen LogP) is 2.11. The Morgan fingerprint density at radius 1 is 1.03 bits per heavy atom. The third-order valence-corrected chi connectivity index (χ3v) is 7.05. The van der Waals surface area contributed by atoms with E-state index in [0.29, 0.717) is 13.2 Å². The van der Waals surface area contributed by atoms with Crippen molar-refractivity contribution in [1.82, 2.24) is 29.1 Å². The summed E-state index contributed by atoms with van der Waals surface area (Å²) in [6.45, 7) is 10.8. The Hall–Kier alpha value is -2.31. The minimum Gasteiger partial charge on any atom is -0.380 e. The van der Waals surface area contributed by atoms with E-state index in [9.17, 15) is 8.42 Å². The molecule has 0 unspecified atom stereocenters. The zero-order valence-electron chi connectivity index (χ0n) is 19.7. The number of nitrogens with zero attached hydrogens (tertiary/aromatic N) is 6. The second-order valence-corrected chi connectivity index (χ2v) is 10.0. The number of piperazine rings is 1. The molecule has 34 heavy (non-hydrogen) atoms. The third kappa shape index (κ3) is 6.42. The maximum Gasteiger partial charge on any atom is 0.297 e. The van der Waals surface area contributed by atoms with Gasteiger partial charge in [0.05, 0.1) is 30.4 Å². The summed E-state index contributed by atoms with van der Waals surface area (Å²) in [5, 5.41) is 4.00. The number of rotatable bonds is 12. The Morgan fingerprint density at radius 2 is 1.76 bits per heavy atom. The SMILES string of the molecule is CCOCCn1c(CN2CCN(CCCCn3cc(S(=O)(=O)O)cn3)CC2)nc2ccccc21. The van der Waals surface area contributed by atoms with Gasteiger partial charge in [-0.05, 0) is 38.4 Å². The first-order chi connectivity index (χ1) is 16.4. The van der Waals surface area contributed by atoms with Gasteiger partial charge in [-0.2, -0.15) is 13.5 Å². The molecule has 0 bridgehead atoms. The van der Waals surface area contributed by atoms with Gasteiger partial charge in [-0.3, -0.25) is 14.1 Å². The van der Waals surface area contributed by atoms with Gasteiger partial charge in [0.2, 0.25) is 0 Å². The normalized spacial score (nSPS) is 15.9. The highest BCUT2D eigenvalue weighted by Gasteiger charge is 2.20. The molecule has 1 N–H and O–H groups in total. The van der Waals surface area contributed by atoms with Gasteiger partial charge < -0.3 is 14.2 Å². The Morgan fingerprint density at radius 3 is 2.50 bits per heavy atom. The maximum absolute atomic E-state index is 11.1. The van der Waals surface area contributed by atoms with E-state index >= 15 is 0 Å². The summed E-state index contributed by atoms with van der Waals surface area (Å²) in [7, 11) is -4.18. The van der Waals surface area contributed by atoms with Crippen LogP contribution in [0.4, 0.5) is 0 Å². The standard InChI is InChI=1S/C23H34N6O4S/c1-2-33-16-15-29-22-8-4-3-7-21(22)25-23(29)19-27-13-11-26(12-14-27)9-5-6-10-28-18-20(17-24-28)34(30,31)32/h3-4,7-8,17-18H,2,5-6,9-16,19H2,1H3,(H,30,31,32). The molecule has 2 aromatic heterocycles. The lowest BCUT2D eigenvalue weighted by Gasteiger charge is -2.34. The Labute approximate surface area is 200 Å². The van der Waals surface area contributed by atoms with Crippen molar-refractivity contribution in [2.45, 2.75) is 44.3 Å². The van der Waals surface area contributed by atoms with Gasteiger partial charge in [0.15, 0.2) is 0 Å². The highest BCUT2D eigenvalue weighted by atomic mass is 32.2. The number of unbranched alkanes of at least 4 members (excludes halogenated alkanes) is 1. The quantitative estimate of drug-likeness (QED) is 0.304. The van der Waals surface area contributed by atoms with Gasteiger partial charge in [-0.15, -0.1) is 0 Å². The van der Waals surface area contributed by atoms with Crippen LogP contribution in [-0.4, -0.2) is 88.0 Å². The minimum absolute atomic E-state index is 0.157. The maximum atomic E-state index is 11.1. The first-order valence-electron chi connectivity index (χ1n) is 11.9. The second kappa shape index (κ2) is 11.4. The minimum atomic E-state index is -4.18. The number of imidazole rings is 1. The highest BCUT2D eigenvalue weighted by molar-refractivity contribution is 7.85. The summed E-state index contributed by atoms with van der Waals surface area (Å²) in [5.74, 6) is 1.10. The molecule has 0 saturated carbocycles. The Kier molecular flexibility index (Phi) is 8.32. The van der Waals surface area contributed by atoms with E-state index in [1.54, 1.807) is 4.68 Å². The summed E-state index contributed by atoms with van der Waals surface area (Å²) in [5.41, 5.74) is 2.20. The lowest BCUT2D eigenvalue weighted by atomic mass is 10.2. The van der Waals surface area contributed by atoms with Gasteiger partial charge in [0.25, 0.3) is 10.1 Å². The van der Waals surface area contributed by atoms with Crippen molar-refractivity contribution in [1.29, 1.82) is 0 Å². The fourth-order valence-electron chi connectivity index (χ4n) is 4.38. The number of hydrogen-bond acceptors (Lipinski definition) is 7. The lowest BCUT2D eigenvalue weighted by molar-refractivity contribution is 0.119. The first-order valence-corrected chi connectivity index (χ1v) is 13.3. The smallest absolute Gasteiger partial charge is 0.297 e. The van der Waals surface area contributed by atoms with Crippen LogP contribution in [0.5, 0.6) is 0 Å². The van der Waals surface area contributed by atoms with E-state index < -0.39 is 10.1 Å². The molecule has 3 aromatic rings. The first kappa shape index (κ1) is 24.8. The van der Waals surface area contributed by atoms with Crippen molar-refractivity contribution >= 4 is 21.2 Å². The molecule has 3 heterocycles. The molecule has 0 amide bonds. The van der Waals surface area contributed by atoms with E-state index in [1.165, 1.54) is 12.4 Å². The van der Waals surface area contributed by atoms with Crippen molar-refractivity contribution in [2.75, 3.05) is 45.9 Å². The third-order valence-electron chi connectivity index (χ3n) is 6.25. The van der Waals surface area contributed by atoms with E-state index in [-0.39, 0.29) is 4.90 Å². The molecule has 10 nitrogen and oxygen atoms in total. The molecule has 0 radical (unpaired) electrons. The van der Waals surface area contributed by atoms with Gasteiger partial charge in [0.1, 0.15) is 10.7 Å². The van der Waals surface area contributed by atoms with Crippen LogP contribution < -0.4 is 0 Å². The molecule has 1 aliphatic rings. The average molecular weight is 491 g/mol. The molecule has 0 atom stereocenters. The van der Waals surface area contributed by atoms with Crippen molar-refractivity contribution in [3.05, 3.63) is 42.5 Å². The van der Waals surface area contributed by atoms with Crippen LogP contribution >= 0.6 is 0 Å². The number of aromatic nitrogens is 4. The number of ether oxygens (including phenoxy) is 1. The summed E-state index contributed by atoms with van der Waals surface area (Å²) in [6, 6.07) is 8.29. The molecule has 0 spiro atoms. The van der Waals surface area contributed by atoms with Crippen molar-refractivity contribution < 1.29 is 17.7 Å². The summed E-state index contributed by atoms with van der Waals surface area (Å²) in [6.07, 6.45) is 4.46. The second-order valence-electron chi connectivity index (χ2n) is 8.60. The molecule has 1 saturated heterocycles. The van der Waals surface area contributed by atoms with E-state index in [2.05, 4.69) is 37.7 Å². The molecular weight excluding hydrogens is 456 g/mol. The van der Waals surface area contributed by atoms with Crippen LogP contribution in [0, 0.1) is 0 Å². The monoisotopic (exact) mass is 490 g/mol. The lowest BCUT2D eigenvalue weighted by Crippen LogP contribution is -2.46. The van der Waals surface area contributed by atoms with Crippen LogP contribution in [0.3, 0.4) is 0 Å². The van der Waals surface area contributed by atoms with Gasteiger partial charge in [-0.25, -0.2) is 4.98 Å². The predicted molar refractivity (Wildman–Crippen MR) is 129 cm³/mol. The average Bonchev–Trinajstić information content (AvgIpc) is 3.43. The van der Waals surface area contributed by atoms with Gasteiger partial charge in [0, 0.05) is 52.1 Å². The van der Waals surface area contributed by atoms with Crippen LogP contribution in [0.15, 0.2) is 41.6 Å². The van der Waals surface area contributed by atoms with Crippen molar-refractivity contribution in [3.8, 4) is 0 Å². The summed E-state index contributed by atoms with van der Waals surface area (Å²) >= 11 is 0. The van der Waals surface area contributed by atoms with Crippen LogP contribution in [0.25, 0.3) is 11.0 Å². The van der Waals surface area contributed by atoms with E-state index in [4.69, 9.17) is 14.3 Å². The number of fused-ring (bicyclic) bond motifs is 1. The molecule has 0 aliphatic carbocycles. The van der Waals surface area contributed by atoms with Gasteiger partial charge in [-0.1, -0.05) is 12.1 Å². The Bertz CT molecular complexity index is 1170. The van der Waals surface area contributed by atoms with Crippen molar-refractivity contribution in [3.63, 3.8) is 0 Å². The summed E-state index contributed by atoms with van der Waals surface area (Å²) in [4.78, 5) is 9.69. The van der Waals surface area contributed by atoms with Crippen LogP contribution in [0.2, 0.25) is 0 Å². The summed E-state index contributed by atoms with van der Waals surface area (Å²) < 4.78 is 40.8. The fourth-order valence-corrected chi connectivity index (χ4v) is 4.81. The molecule has 4 rings (SSSR count). The highest BCUT2D eigenvalue weighted by Crippen LogP contribution is 2.18. The van der Waals surface area contributed by atoms with Crippen LogP contribution in [-0.2, 0) is 34.5 Å². The van der Waals surface area contributed by atoms with Crippen LogP contribution in [0.1, 0.15) is 25.6 Å². The largest absolute Gasteiger partial charge is 0.380 e. The number of para-hydroxylation sites is 2. The zero-order chi connectivity index (χ0) is 24.0. The molecule has 1 fully saturated rings. The zero-order valence-corrected chi connectivity index (χ0v) is 20.5. The van der Waals surface area contributed by atoms with Crippen molar-refractivity contribution in [2.24, 2.45) is 0 Å².